The molecule has 5 heteroatoms. The van der Waals surface area contributed by atoms with Gasteiger partial charge in [0.15, 0.2) is 9.84 Å². The standard InChI is InChI=1S/C12H18N2O2S/c1-13-10-4-3-5-11(8-10)14(2)12-6-7-17(15,16)9-12/h3-5,8,12-13H,6-7,9H2,1-2H3. The van der Waals surface area contributed by atoms with E-state index in [9.17, 15) is 8.42 Å². The van der Waals surface area contributed by atoms with Crippen molar-refractivity contribution in [2.75, 3.05) is 35.8 Å². The molecule has 1 aliphatic heterocycles. The number of sulfone groups is 1. The number of anilines is 2. The summed E-state index contributed by atoms with van der Waals surface area (Å²) >= 11 is 0. The van der Waals surface area contributed by atoms with Crippen LogP contribution in [0.5, 0.6) is 0 Å². The summed E-state index contributed by atoms with van der Waals surface area (Å²) in [5.41, 5.74) is 2.09. The topological polar surface area (TPSA) is 49.4 Å². The summed E-state index contributed by atoms with van der Waals surface area (Å²) in [4.78, 5) is 2.06. The fourth-order valence-corrected chi connectivity index (χ4v) is 3.95. The molecule has 1 aromatic rings. The summed E-state index contributed by atoms with van der Waals surface area (Å²) in [6.45, 7) is 0. The fraction of sp³-hybridized carbons (Fsp3) is 0.500. The highest BCUT2D eigenvalue weighted by Crippen LogP contribution is 2.24. The van der Waals surface area contributed by atoms with Gasteiger partial charge in [-0.05, 0) is 24.6 Å². The second-order valence-electron chi connectivity index (χ2n) is 4.47. The van der Waals surface area contributed by atoms with Crippen molar-refractivity contribution in [1.82, 2.24) is 0 Å². The van der Waals surface area contributed by atoms with Crippen LogP contribution in [0.25, 0.3) is 0 Å². The molecule has 94 valence electrons. The van der Waals surface area contributed by atoms with Gasteiger partial charge in [-0.25, -0.2) is 8.42 Å². The Morgan fingerprint density at radius 2 is 2.18 bits per heavy atom. The van der Waals surface area contributed by atoms with Crippen LogP contribution < -0.4 is 10.2 Å². The highest BCUT2D eigenvalue weighted by atomic mass is 32.2. The van der Waals surface area contributed by atoms with Gasteiger partial charge in [0.25, 0.3) is 0 Å². The van der Waals surface area contributed by atoms with Gasteiger partial charge in [-0.2, -0.15) is 0 Å². The van der Waals surface area contributed by atoms with Crippen molar-refractivity contribution in [2.45, 2.75) is 12.5 Å². The van der Waals surface area contributed by atoms with Crippen molar-refractivity contribution in [2.24, 2.45) is 0 Å². The van der Waals surface area contributed by atoms with E-state index in [0.717, 1.165) is 17.8 Å². The van der Waals surface area contributed by atoms with Gasteiger partial charge in [-0.1, -0.05) is 6.07 Å². The van der Waals surface area contributed by atoms with Gasteiger partial charge in [0.2, 0.25) is 0 Å². The quantitative estimate of drug-likeness (QED) is 0.884. The van der Waals surface area contributed by atoms with Crippen molar-refractivity contribution in [3.05, 3.63) is 24.3 Å². The van der Waals surface area contributed by atoms with Crippen molar-refractivity contribution in [1.29, 1.82) is 0 Å². The van der Waals surface area contributed by atoms with Crippen LogP contribution in [0.1, 0.15) is 6.42 Å². The van der Waals surface area contributed by atoms with Crippen LogP contribution in [0, 0.1) is 0 Å². The molecular weight excluding hydrogens is 236 g/mol. The molecule has 0 amide bonds. The predicted molar refractivity (Wildman–Crippen MR) is 71.5 cm³/mol. The molecule has 0 saturated carbocycles. The van der Waals surface area contributed by atoms with E-state index in [4.69, 9.17) is 0 Å². The Kier molecular flexibility index (Phi) is 3.28. The van der Waals surface area contributed by atoms with Gasteiger partial charge in [0.1, 0.15) is 0 Å². The fourth-order valence-electron chi connectivity index (χ4n) is 2.17. The number of nitrogens with zero attached hydrogens (tertiary/aromatic N) is 1. The Morgan fingerprint density at radius 3 is 2.76 bits per heavy atom. The molecule has 1 heterocycles. The molecule has 0 aromatic heterocycles. The maximum Gasteiger partial charge on any atom is 0.152 e. The van der Waals surface area contributed by atoms with Crippen LogP contribution >= 0.6 is 0 Å². The van der Waals surface area contributed by atoms with Crippen LogP contribution in [0.15, 0.2) is 24.3 Å². The smallest absolute Gasteiger partial charge is 0.152 e. The first-order valence-electron chi connectivity index (χ1n) is 5.73. The first-order valence-corrected chi connectivity index (χ1v) is 7.55. The summed E-state index contributed by atoms with van der Waals surface area (Å²) in [5, 5.41) is 3.08. The lowest BCUT2D eigenvalue weighted by Gasteiger charge is -2.26. The van der Waals surface area contributed by atoms with E-state index in [-0.39, 0.29) is 11.8 Å². The Labute approximate surface area is 103 Å². The minimum atomic E-state index is -2.82. The third-order valence-corrected chi connectivity index (χ3v) is 5.05. The molecule has 1 N–H and O–H groups in total. The average Bonchev–Trinajstić information content (AvgIpc) is 2.69. The Hall–Kier alpha value is -1.23. The summed E-state index contributed by atoms with van der Waals surface area (Å²) < 4.78 is 22.9. The zero-order chi connectivity index (χ0) is 12.5. The lowest BCUT2D eigenvalue weighted by Crippen LogP contribution is -2.32. The molecule has 17 heavy (non-hydrogen) atoms. The molecule has 1 aliphatic rings. The average molecular weight is 254 g/mol. The third-order valence-electron chi connectivity index (χ3n) is 3.30. The van der Waals surface area contributed by atoms with E-state index < -0.39 is 9.84 Å². The van der Waals surface area contributed by atoms with E-state index in [1.165, 1.54) is 0 Å². The number of rotatable bonds is 3. The molecule has 1 unspecified atom stereocenters. The van der Waals surface area contributed by atoms with Gasteiger partial charge in [-0.15, -0.1) is 0 Å². The minimum absolute atomic E-state index is 0.104. The number of benzene rings is 1. The van der Waals surface area contributed by atoms with E-state index in [1.807, 2.05) is 38.4 Å². The van der Waals surface area contributed by atoms with E-state index in [0.29, 0.717) is 5.75 Å². The highest BCUT2D eigenvalue weighted by Gasteiger charge is 2.30. The summed E-state index contributed by atoms with van der Waals surface area (Å²) in [5.74, 6) is 0.584. The van der Waals surface area contributed by atoms with Crippen LogP contribution in [0.4, 0.5) is 11.4 Å². The molecule has 1 saturated heterocycles. The van der Waals surface area contributed by atoms with Gasteiger partial charge < -0.3 is 10.2 Å². The van der Waals surface area contributed by atoms with Crippen molar-refractivity contribution in [3.63, 3.8) is 0 Å². The van der Waals surface area contributed by atoms with Crippen molar-refractivity contribution >= 4 is 21.2 Å². The lowest BCUT2D eigenvalue weighted by atomic mass is 10.2. The second kappa shape index (κ2) is 4.56. The predicted octanol–water partition coefficient (Wildman–Crippen LogP) is 1.35. The normalized spacial score (nSPS) is 22.4. The SMILES string of the molecule is CNc1cccc(N(C)C2CCS(=O)(=O)C2)c1. The molecule has 1 aromatic carbocycles. The van der Waals surface area contributed by atoms with Crippen LogP contribution in [-0.4, -0.2) is 40.1 Å². The van der Waals surface area contributed by atoms with Gasteiger partial charge in [-0.3, -0.25) is 0 Å². The molecule has 4 nitrogen and oxygen atoms in total. The second-order valence-corrected chi connectivity index (χ2v) is 6.70. The molecule has 2 rings (SSSR count). The highest BCUT2D eigenvalue weighted by molar-refractivity contribution is 7.91. The summed E-state index contributed by atoms with van der Waals surface area (Å²) in [6, 6.07) is 8.10. The first-order chi connectivity index (χ1) is 8.02. The van der Waals surface area contributed by atoms with Crippen LogP contribution in [0.2, 0.25) is 0 Å². The molecule has 1 atom stereocenters. The molecule has 1 fully saturated rings. The van der Waals surface area contributed by atoms with E-state index in [1.54, 1.807) is 0 Å². The van der Waals surface area contributed by atoms with Crippen LogP contribution in [-0.2, 0) is 9.84 Å². The number of nitrogens with one attached hydrogen (secondary N) is 1. The minimum Gasteiger partial charge on any atom is -0.388 e. The zero-order valence-electron chi connectivity index (χ0n) is 10.2. The molecule has 0 spiro atoms. The molecule has 0 bridgehead atoms. The van der Waals surface area contributed by atoms with E-state index in [2.05, 4.69) is 10.2 Å². The Bertz CT molecular complexity index is 499. The maximum atomic E-state index is 11.5. The Balaban J connectivity index is 2.17. The van der Waals surface area contributed by atoms with Gasteiger partial charge >= 0.3 is 0 Å². The van der Waals surface area contributed by atoms with E-state index >= 15 is 0 Å². The van der Waals surface area contributed by atoms with Crippen molar-refractivity contribution in [3.8, 4) is 0 Å². The zero-order valence-corrected chi connectivity index (χ0v) is 11.0. The van der Waals surface area contributed by atoms with Gasteiger partial charge in [0, 0.05) is 31.5 Å². The monoisotopic (exact) mass is 254 g/mol. The third kappa shape index (κ3) is 2.72. The largest absolute Gasteiger partial charge is 0.388 e. The molecule has 0 aliphatic carbocycles. The number of hydrogen-bond acceptors (Lipinski definition) is 4. The van der Waals surface area contributed by atoms with Crippen molar-refractivity contribution < 1.29 is 8.42 Å². The molecular formula is C12H18N2O2S. The summed E-state index contributed by atoms with van der Waals surface area (Å²) in [6.07, 6.45) is 0.725. The lowest BCUT2D eigenvalue weighted by molar-refractivity contribution is 0.601. The van der Waals surface area contributed by atoms with Crippen LogP contribution in [0.3, 0.4) is 0 Å². The summed E-state index contributed by atoms with van der Waals surface area (Å²) in [7, 11) is 1.01. The van der Waals surface area contributed by atoms with Gasteiger partial charge in [0.05, 0.1) is 11.5 Å². The molecule has 0 radical (unpaired) electrons. The number of hydrogen-bond donors (Lipinski definition) is 1. The Morgan fingerprint density at radius 1 is 1.41 bits per heavy atom. The first kappa shape index (κ1) is 12.2. The maximum absolute atomic E-state index is 11.5.